The monoisotopic (exact) mass is 524 g/mol. The average Bonchev–Trinajstić information content (AvgIpc) is 3.47. The summed E-state index contributed by atoms with van der Waals surface area (Å²) in [5, 5.41) is 17.1. The predicted octanol–water partition coefficient (Wildman–Crippen LogP) is 4.25. The second-order valence-corrected chi connectivity index (χ2v) is 10.7. The zero-order valence-corrected chi connectivity index (χ0v) is 21.1. The molecule has 9 nitrogen and oxygen atoms in total. The molecule has 1 fully saturated rings. The van der Waals surface area contributed by atoms with Crippen LogP contribution in [0.4, 0.5) is 24.9 Å². The number of thiophene rings is 1. The van der Waals surface area contributed by atoms with E-state index in [1.54, 1.807) is 11.3 Å². The lowest BCUT2D eigenvalue weighted by Gasteiger charge is -2.34. The number of rotatable bonds is 8. The number of aryl methyl sites for hydroxylation is 1. The SMILES string of the molecule is CCCc1cc2c(N3CCn4c(nnc4C(F)(F)F)C3)nc(N3CCCC(CCCNO)C3)nc2s1. The van der Waals surface area contributed by atoms with Gasteiger partial charge in [0.15, 0.2) is 5.82 Å². The Kier molecular flexibility index (Phi) is 7.31. The highest BCUT2D eigenvalue weighted by molar-refractivity contribution is 7.18. The third kappa shape index (κ3) is 5.14. The lowest BCUT2D eigenvalue weighted by molar-refractivity contribution is -0.147. The number of halogens is 3. The summed E-state index contributed by atoms with van der Waals surface area (Å²) in [5.74, 6) is 1.28. The van der Waals surface area contributed by atoms with E-state index in [1.807, 2.05) is 4.90 Å². The zero-order valence-electron chi connectivity index (χ0n) is 20.3. The lowest BCUT2D eigenvalue weighted by Crippen LogP contribution is -2.38. The van der Waals surface area contributed by atoms with Gasteiger partial charge in [-0.2, -0.15) is 18.2 Å². The molecule has 3 aromatic rings. The zero-order chi connectivity index (χ0) is 25.3. The van der Waals surface area contributed by atoms with E-state index in [2.05, 4.69) is 33.6 Å². The predicted molar refractivity (Wildman–Crippen MR) is 131 cm³/mol. The van der Waals surface area contributed by atoms with Crippen molar-refractivity contribution in [1.82, 2.24) is 30.2 Å². The highest BCUT2D eigenvalue weighted by Crippen LogP contribution is 2.37. The molecule has 2 aliphatic rings. The molecule has 0 aliphatic carbocycles. The van der Waals surface area contributed by atoms with Gasteiger partial charge in [0.25, 0.3) is 0 Å². The average molecular weight is 525 g/mol. The first kappa shape index (κ1) is 25.2. The van der Waals surface area contributed by atoms with Crippen molar-refractivity contribution in [3.8, 4) is 0 Å². The topological polar surface area (TPSA) is 95.2 Å². The normalized spacial score (nSPS) is 18.8. The second kappa shape index (κ2) is 10.5. The molecule has 0 amide bonds. The fraction of sp³-hybridized carbons (Fsp3) is 0.652. The number of hydroxylamine groups is 1. The number of nitrogens with one attached hydrogen (secondary N) is 1. The molecule has 0 saturated carbocycles. The summed E-state index contributed by atoms with van der Waals surface area (Å²) in [6, 6.07) is 2.13. The van der Waals surface area contributed by atoms with Gasteiger partial charge in [0.1, 0.15) is 10.6 Å². The first-order valence-corrected chi connectivity index (χ1v) is 13.4. The summed E-state index contributed by atoms with van der Waals surface area (Å²) in [6.45, 7) is 5.18. The van der Waals surface area contributed by atoms with E-state index in [1.165, 1.54) is 9.44 Å². The molecule has 0 spiro atoms. The summed E-state index contributed by atoms with van der Waals surface area (Å²) in [5.41, 5.74) is 2.23. The van der Waals surface area contributed by atoms with Gasteiger partial charge in [-0.1, -0.05) is 13.3 Å². The molecule has 0 aromatic carbocycles. The largest absolute Gasteiger partial charge is 0.451 e. The first-order valence-electron chi connectivity index (χ1n) is 12.5. The van der Waals surface area contributed by atoms with Gasteiger partial charge in [-0.25, -0.2) is 10.5 Å². The molecule has 13 heteroatoms. The molecule has 3 aromatic heterocycles. The Hall–Kier alpha value is -2.51. The van der Waals surface area contributed by atoms with Gasteiger partial charge in [0.05, 0.1) is 11.9 Å². The maximum atomic E-state index is 13.3. The smallest absolute Gasteiger partial charge is 0.347 e. The van der Waals surface area contributed by atoms with Crippen LogP contribution >= 0.6 is 11.3 Å². The van der Waals surface area contributed by atoms with Crippen LogP contribution in [0.15, 0.2) is 6.07 Å². The fourth-order valence-corrected chi connectivity index (χ4v) is 6.32. The Morgan fingerprint density at radius 1 is 1.17 bits per heavy atom. The Balaban J connectivity index is 1.46. The summed E-state index contributed by atoms with van der Waals surface area (Å²) < 4.78 is 41.1. The van der Waals surface area contributed by atoms with Crippen LogP contribution in [0.2, 0.25) is 0 Å². The molecule has 1 atom stereocenters. The molecule has 0 bridgehead atoms. The summed E-state index contributed by atoms with van der Waals surface area (Å²) in [7, 11) is 0. The van der Waals surface area contributed by atoms with Crippen LogP contribution in [0.25, 0.3) is 10.2 Å². The van der Waals surface area contributed by atoms with Crippen LogP contribution in [0.5, 0.6) is 0 Å². The molecule has 0 radical (unpaired) electrons. The lowest BCUT2D eigenvalue weighted by atomic mass is 9.93. The van der Waals surface area contributed by atoms with Crippen molar-refractivity contribution in [3.63, 3.8) is 0 Å². The van der Waals surface area contributed by atoms with Gasteiger partial charge < -0.3 is 19.6 Å². The molecule has 1 unspecified atom stereocenters. The van der Waals surface area contributed by atoms with Gasteiger partial charge in [0.2, 0.25) is 11.8 Å². The van der Waals surface area contributed by atoms with Crippen LogP contribution in [-0.4, -0.2) is 56.1 Å². The van der Waals surface area contributed by atoms with E-state index >= 15 is 0 Å². The second-order valence-electron chi connectivity index (χ2n) is 9.54. The highest BCUT2D eigenvalue weighted by Gasteiger charge is 2.40. The van der Waals surface area contributed by atoms with E-state index < -0.39 is 12.0 Å². The number of hydrogen-bond acceptors (Lipinski definition) is 9. The molecule has 2 N–H and O–H groups in total. The third-order valence-corrected chi connectivity index (χ3v) is 8.01. The van der Waals surface area contributed by atoms with E-state index in [4.69, 9.17) is 15.2 Å². The van der Waals surface area contributed by atoms with Gasteiger partial charge in [-0.3, -0.25) is 0 Å². The Bertz CT molecular complexity index is 1200. The standard InChI is InChI=1S/C23H31F3N8OS/c1-2-5-16-12-17-19(32-10-11-34-18(14-32)30-31-21(34)23(24,25)26)28-22(29-20(17)36-16)33-9-4-7-15(13-33)6-3-8-27-35/h12,15,27,35H,2-11,13-14H2,1H3. The first-order chi connectivity index (χ1) is 17.4. The van der Waals surface area contributed by atoms with Crippen molar-refractivity contribution in [2.45, 2.75) is 64.7 Å². The van der Waals surface area contributed by atoms with Crippen LogP contribution in [-0.2, 0) is 25.7 Å². The number of fused-ring (bicyclic) bond motifs is 2. The van der Waals surface area contributed by atoms with E-state index in [0.29, 0.717) is 30.8 Å². The van der Waals surface area contributed by atoms with Crippen LogP contribution in [0.1, 0.15) is 55.6 Å². The molecule has 36 heavy (non-hydrogen) atoms. The van der Waals surface area contributed by atoms with Crippen molar-refractivity contribution in [1.29, 1.82) is 0 Å². The molecule has 5 heterocycles. The van der Waals surface area contributed by atoms with Crippen LogP contribution in [0.3, 0.4) is 0 Å². The van der Waals surface area contributed by atoms with Crippen molar-refractivity contribution in [2.75, 3.05) is 36.0 Å². The van der Waals surface area contributed by atoms with E-state index in [-0.39, 0.29) is 13.1 Å². The van der Waals surface area contributed by atoms with Crippen molar-refractivity contribution >= 4 is 33.3 Å². The molecule has 196 valence electrons. The van der Waals surface area contributed by atoms with Gasteiger partial charge in [-0.05, 0) is 44.1 Å². The Morgan fingerprint density at radius 3 is 2.81 bits per heavy atom. The highest BCUT2D eigenvalue weighted by atomic mass is 32.1. The summed E-state index contributed by atoms with van der Waals surface area (Å²) >= 11 is 1.67. The molecule has 1 saturated heterocycles. The van der Waals surface area contributed by atoms with Crippen LogP contribution < -0.4 is 15.3 Å². The maximum Gasteiger partial charge on any atom is 0.451 e. The molecule has 5 rings (SSSR count). The van der Waals surface area contributed by atoms with Crippen molar-refractivity contribution in [3.05, 3.63) is 22.6 Å². The summed E-state index contributed by atoms with van der Waals surface area (Å²) in [4.78, 5) is 16.3. The fourth-order valence-electron chi connectivity index (χ4n) is 5.20. The quantitative estimate of drug-likeness (QED) is 0.334. The third-order valence-electron chi connectivity index (χ3n) is 6.92. The minimum Gasteiger partial charge on any atom is -0.347 e. The number of hydrogen-bond donors (Lipinski definition) is 2. The number of aromatic nitrogens is 5. The van der Waals surface area contributed by atoms with Crippen LogP contribution in [0, 0.1) is 5.92 Å². The maximum absolute atomic E-state index is 13.3. The number of anilines is 2. The molecular weight excluding hydrogens is 493 g/mol. The van der Waals surface area contributed by atoms with Gasteiger partial charge >= 0.3 is 6.18 Å². The number of piperidine rings is 1. The summed E-state index contributed by atoms with van der Waals surface area (Å²) in [6.07, 6.45) is 1.55. The minimum absolute atomic E-state index is 0.147. The minimum atomic E-state index is -4.52. The Labute approximate surface area is 211 Å². The van der Waals surface area contributed by atoms with Crippen molar-refractivity contribution in [2.24, 2.45) is 5.92 Å². The number of alkyl halides is 3. The van der Waals surface area contributed by atoms with E-state index in [9.17, 15) is 13.2 Å². The van der Waals surface area contributed by atoms with E-state index in [0.717, 1.165) is 67.6 Å². The van der Waals surface area contributed by atoms with Gasteiger partial charge in [0, 0.05) is 37.6 Å². The Morgan fingerprint density at radius 2 is 2.03 bits per heavy atom. The molecular formula is C23H31F3N8OS. The number of nitrogens with zero attached hydrogens (tertiary/aromatic N) is 7. The van der Waals surface area contributed by atoms with Crippen molar-refractivity contribution < 1.29 is 18.4 Å². The molecule has 2 aliphatic heterocycles. The van der Waals surface area contributed by atoms with Gasteiger partial charge in [-0.15, -0.1) is 21.5 Å².